The summed E-state index contributed by atoms with van der Waals surface area (Å²) in [5, 5.41) is 0.641. The van der Waals surface area contributed by atoms with Gasteiger partial charge in [-0.3, -0.25) is 9.59 Å². The van der Waals surface area contributed by atoms with Crippen LogP contribution in [0.15, 0.2) is 4.79 Å². The van der Waals surface area contributed by atoms with Gasteiger partial charge in [0.2, 0.25) is 0 Å². The van der Waals surface area contributed by atoms with Crippen LogP contribution in [0.2, 0.25) is 0 Å². The minimum atomic E-state index is -0.544. The van der Waals surface area contributed by atoms with Crippen molar-refractivity contribution in [3.63, 3.8) is 0 Å². The quantitative estimate of drug-likeness (QED) is 0.724. The highest BCUT2D eigenvalue weighted by Gasteiger charge is 2.19. The predicted molar refractivity (Wildman–Crippen MR) is 105 cm³/mol. The number of aryl methyl sites for hydroxylation is 2. The van der Waals surface area contributed by atoms with Gasteiger partial charge in [0, 0.05) is 11.3 Å². The number of esters is 1. The molecule has 0 spiro atoms. The third kappa shape index (κ3) is 4.34. The van der Waals surface area contributed by atoms with Crippen molar-refractivity contribution in [3.8, 4) is 0 Å². The Balaban J connectivity index is 1.57. The molecule has 5 nitrogen and oxygen atoms in total. The van der Waals surface area contributed by atoms with Crippen LogP contribution in [0.1, 0.15) is 80.7 Å². The smallest absolute Gasteiger partial charge is 0.306 e. The standard InChI is InChI=1S/C20H28N2O3S/c1-12-14(3)26-20-17(12)19(24)21-18(22-20)13(2)25-16(23)11-7-10-15-8-5-4-6-9-15/h13,15H,4-11H2,1-3H3,(H,21,22,24)/t13-/m1/s1. The van der Waals surface area contributed by atoms with Gasteiger partial charge < -0.3 is 9.72 Å². The van der Waals surface area contributed by atoms with E-state index >= 15 is 0 Å². The molecule has 2 heterocycles. The number of aromatic nitrogens is 2. The molecule has 1 aliphatic carbocycles. The molecule has 6 heteroatoms. The van der Waals surface area contributed by atoms with Crippen LogP contribution in [-0.4, -0.2) is 15.9 Å². The number of thiophene rings is 1. The van der Waals surface area contributed by atoms with E-state index in [1.165, 1.54) is 43.4 Å². The molecule has 0 unspecified atom stereocenters. The lowest BCUT2D eigenvalue weighted by Crippen LogP contribution is -2.17. The lowest BCUT2D eigenvalue weighted by Gasteiger charge is -2.21. The maximum Gasteiger partial charge on any atom is 0.306 e. The van der Waals surface area contributed by atoms with Crippen LogP contribution >= 0.6 is 11.3 Å². The fourth-order valence-electron chi connectivity index (χ4n) is 3.79. The minimum Gasteiger partial charge on any atom is -0.454 e. The van der Waals surface area contributed by atoms with E-state index in [1.54, 1.807) is 6.92 Å². The van der Waals surface area contributed by atoms with Crippen molar-refractivity contribution in [3.05, 3.63) is 26.6 Å². The number of carbonyl (C=O) groups is 1. The van der Waals surface area contributed by atoms with Gasteiger partial charge >= 0.3 is 5.97 Å². The van der Waals surface area contributed by atoms with Crippen LogP contribution in [0.3, 0.4) is 0 Å². The molecule has 1 saturated carbocycles. The minimum absolute atomic E-state index is 0.160. The normalized spacial score (nSPS) is 16.7. The number of nitrogens with zero attached hydrogens (tertiary/aromatic N) is 1. The summed E-state index contributed by atoms with van der Waals surface area (Å²) >= 11 is 1.50. The fourth-order valence-corrected chi connectivity index (χ4v) is 4.82. The van der Waals surface area contributed by atoms with Crippen LogP contribution in [0.25, 0.3) is 10.2 Å². The molecule has 1 atom stereocenters. The molecular weight excluding hydrogens is 348 g/mol. The molecule has 142 valence electrons. The molecule has 1 fully saturated rings. The largest absolute Gasteiger partial charge is 0.454 e. The Morgan fingerprint density at radius 1 is 1.31 bits per heavy atom. The Kier molecular flexibility index (Phi) is 6.12. The van der Waals surface area contributed by atoms with Crippen LogP contribution in [0.4, 0.5) is 0 Å². The second kappa shape index (κ2) is 8.33. The first-order chi connectivity index (χ1) is 12.5. The van der Waals surface area contributed by atoms with E-state index in [9.17, 15) is 9.59 Å². The molecule has 2 aromatic rings. The van der Waals surface area contributed by atoms with Crippen molar-refractivity contribution in [1.29, 1.82) is 0 Å². The third-order valence-electron chi connectivity index (χ3n) is 5.47. The predicted octanol–water partition coefficient (Wildman–Crippen LogP) is 4.96. The van der Waals surface area contributed by atoms with Gasteiger partial charge in [-0.2, -0.15) is 0 Å². The lowest BCUT2D eigenvalue weighted by molar-refractivity contribution is -0.149. The first-order valence-electron chi connectivity index (χ1n) is 9.65. The molecule has 0 saturated heterocycles. The molecule has 2 aromatic heterocycles. The van der Waals surface area contributed by atoms with Crippen molar-refractivity contribution >= 4 is 27.5 Å². The third-order valence-corrected chi connectivity index (χ3v) is 6.57. The summed E-state index contributed by atoms with van der Waals surface area (Å²) in [6.45, 7) is 5.67. The Labute approximate surface area is 158 Å². The Morgan fingerprint density at radius 2 is 2.04 bits per heavy atom. The molecule has 0 aliphatic heterocycles. The molecule has 0 radical (unpaired) electrons. The van der Waals surface area contributed by atoms with E-state index in [4.69, 9.17) is 4.74 Å². The van der Waals surface area contributed by atoms with E-state index in [0.717, 1.165) is 29.2 Å². The van der Waals surface area contributed by atoms with Crippen LogP contribution in [0.5, 0.6) is 0 Å². The molecule has 1 aliphatic rings. The zero-order chi connectivity index (χ0) is 18.7. The first kappa shape index (κ1) is 19.1. The maximum absolute atomic E-state index is 12.3. The second-order valence-corrected chi connectivity index (χ2v) is 8.65. The highest BCUT2D eigenvalue weighted by Crippen LogP contribution is 2.29. The van der Waals surface area contributed by atoms with Gasteiger partial charge in [0.05, 0.1) is 5.39 Å². The summed E-state index contributed by atoms with van der Waals surface area (Å²) < 4.78 is 5.50. The molecule has 26 heavy (non-hydrogen) atoms. The average Bonchev–Trinajstić information content (AvgIpc) is 2.90. The van der Waals surface area contributed by atoms with Gasteiger partial charge in [-0.25, -0.2) is 4.98 Å². The van der Waals surface area contributed by atoms with Gasteiger partial charge in [0.1, 0.15) is 4.83 Å². The summed E-state index contributed by atoms with van der Waals surface area (Å²) in [6.07, 6.45) is 8.49. The number of rotatable bonds is 6. The highest BCUT2D eigenvalue weighted by molar-refractivity contribution is 7.18. The van der Waals surface area contributed by atoms with Gasteiger partial charge in [-0.05, 0) is 45.1 Å². The first-order valence-corrected chi connectivity index (χ1v) is 10.5. The monoisotopic (exact) mass is 376 g/mol. The second-order valence-electron chi connectivity index (χ2n) is 7.44. The van der Waals surface area contributed by atoms with Crippen LogP contribution in [-0.2, 0) is 9.53 Å². The van der Waals surface area contributed by atoms with Crippen LogP contribution < -0.4 is 5.56 Å². The molecule has 0 aromatic carbocycles. The number of H-pyrrole nitrogens is 1. The van der Waals surface area contributed by atoms with Crippen LogP contribution in [0, 0.1) is 19.8 Å². The molecule has 1 N–H and O–H groups in total. The topological polar surface area (TPSA) is 72.0 Å². The summed E-state index contributed by atoms with van der Waals surface area (Å²) in [4.78, 5) is 33.6. The Hall–Kier alpha value is -1.69. The number of fused-ring (bicyclic) bond motifs is 1. The van der Waals surface area contributed by atoms with Gasteiger partial charge in [-0.15, -0.1) is 11.3 Å². The Bertz CT molecular complexity index is 833. The fraction of sp³-hybridized carbons (Fsp3) is 0.650. The molecule has 0 bridgehead atoms. The number of carbonyl (C=O) groups excluding carboxylic acids is 1. The molecule has 3 rings (SSSR count). The van der Waals surface area contributed by atoms with E-state index in [2.05, 4.69) is 9.97 Å². The van der Waals surface area contributed by atoms with Gasteiger partial charge in [0.25, 0.3) is 5.56 Å². The maximum atomic E-state index is 12.3. The zero-order valence-electron chi connectivity index (χ0n) is 15.9. The number of hydrogen-bond donors (Lipinski definition) is 1. The Morgan fingerprint density at radius 3 is 2.77 bits per heavy atom. The van der Waals surface area contributed by atoms with Crippen molar-refractivity contribution in [2.75, 3.05) is 0 Å². The molecular formula is C20H28N2O3S. The van der Waals surface area contributed by atoms with Crippen molar-refractivity contribution in [2.45, 2.75) is 78.2 Å². The SMILES string of the molecule is Cc1sc2nc([C@@H](C)OC(=O)CCCC3CCCCC3)[nH]c(=O)c2c1C. The van der Waals surface area contributed by atoms with E-state index in [0.29, 0.717) is 22.5 Å². The van der Waals surface area contributed by atoms with Crippen molar-refractivity contribution in [1.82, 2.24) is 9.97 Å². The van der Waals surface area contributed by atoms with E-state index < -0.39 is 6.10 Å². The van der Waals surface area contributed by atoms with E-state index in [-0.39, 0.29) is 11.5 Å². The number of hydrogen-bond acceptors (Lipinski definition) is 5. The summed E-state index contributed by atoms with van der Waals surface area (Å²) in [6, 6.07) is 0. The highest BCUT2D eigenvalue weighted by atomic mass is 32.1. The summed E-state index contributed by atoms with van der Waals surface area (Å²) in [5.74, 6) is 0.985. The van der Waals surface area contributed by atoms with Crippen molar-refractivity contribution in [2.24, 2.45) is 5.92 Å². The average molecular weight is 377 g/mol. The van der Waals surface area contributed by atoms with Gasteiger partial charge in [-0.1, -0.05) is 32.1 Å². The number of ether oxygens (including phenoxy) is 1. The van der Waals surface area contributed by atoms with E-state index in [1.807, 2.05) is 13.8 Å². The number of aromatic amines is 1. The summed E-state index contributed by atoms with van der Waals surface area (Å²) in [5.41, 5.74) is 0.810. The lowest BCUT2D eigenvalue weighted by atomic mass is 9.86. The molecule has 0 amide bonds. The van der Waals surface area contributed by atoms with Crippen molar-refractivity contribution < 1.29 is 9.53 Å². The van der Waals surface area contributed by atoms with Gasteiger partial charge in [0.15, 0.2) is 11.9 Å². The zero-order valence-corrected chi connectivity index (χ0v) is 16.7. The number of nitrogens with one attached hydrogen (secondary N) is 1. The summed E-state index contributed by atoms with van der Waals surface area (Å²) in [7, 11) is 0.